The van der Waals surface area contributed by atoms with Crippen molar-refractivity contribution < 1.29 is 27.8 Å². The van der Waals surface area contributed by atoms with E-state index < -0.39 is 12.1 Å². The summed E-state index contributed by atoms with van der Waals surface area (Å²) in [5, 5.41) is 13.7. The van der Waals surface area contributed by atoms with Crippen molar-refractivity contribution in [3.05, 3.63) is 115 Å². The van der Waals surface area contributed by atoms with Crippen LogP contribution >= 0.6 is 0 Å². The van der Waals surface area contributed by atoms with Crippen LogP contribution in [0.25, 0.3) is 11.3 Å². The van der Waals surface area contributed by atoms with E-state index in [0.29, 0.717) is 23.9 Å². The standard InChI is InChI=1S/C28H24N6O.C2HF3O2/c29-28-33-25(21-9-5-2-6-10-21)18-27(34-28)32-22-11-13-23(14-12-22)35-24-15-16-30-26(17-24)31-19-20-7-3-1-4-8-20;3-2(4,5)1(6)7/h1-18H,19H2,(H,30,31)(H3,29,32,33,34);(H,6,7). The Morgan fingerprint density at radius 1 is 0.833 bits per heavy atom. The minimum absolute atomic E-state index is 0.211. The first-order valence-electron chi connectivity index (χ1n) is 12.4. The quantitative estimate of drug-likeness (QED) is 0.156. The monoisotopic (exact) mass is 574 g/mol. The summed E-state index contributed by atoms with van der Waals surface area (Å²) >= 11 is 0. The highest BCUT2D eigenvalue weighted by Crippen LogP contribution is 2.27. The largest absolute Gasteiger partial charge is 0.490 e. The van der Waals surface area contributed by atoms with E-state index in [9.17, 15) is 13.2 Å². The summed E-state index contributed by atoms with van der Waals surface area (Å²) in [5.74, 6) is 0.236. The molecular weight excluding hydrogens is 549 g/mol. The molecular formula is C30H25F3N6O3. The van der Waals surface area contributed by atoms with Crippen LogP contribution in [0.2, 0.25) is 0 Å². The van der Waals surface area contributed by atoms with Crippen molar-refractivity contribution in [2.45, 2.75) is 12.7 Å². The molecule has 0 unspecified atom stereocenters. The van der Waals surface area contributed by atoms with Gasteiger partial charge in [-0.3, -0.25) is 0 Å². The molecule has 214 valence electrons. The van der Waals surface area contributed by atoms with Gasteiger partial charge in [0.25, 0.3) is 0 Å². The summed E-state index contributed by atoms with van der Waals surface area (Å²) in [6.07, 6.45) is -3.36. The number of carboxylic acids is 1. The predicted molar refractivity (Wildman–Crippen MR) is 153 cm³/mol. The normalized spacial score (nSPS) is 10.6. The predicted octanol–water partition coefficient (Wildman–Crippen LogP) is 6.90. The van der Waals surface area contributed by atoms with Crippen LogP contribution in [-0.2, 0) is 11.3 Å². The first-order chi connectivity index (χ1) is 20.2. The Hall–Kier alpha value is -5.65. The molecule has 42 heavy (non-hydrogen) atoms. The number of anilines is 4. The van der Waals surface area contributed by atoms with Crippen molar-refractivity contribution in [1.29, 1.82) is 0 Å². The van der Waals surface area contributed by atoms with Crippen LogP contribution in [0.15, 0.2) is 109 Å². The first kappa shape index (κ1) is 29.3. The van der Waals surface area contributed by atoms with E-state index in [1.165, 1.54) is 5.56 Å². The van der Waals surface area contributed by atoms with E-state index in [1.807, 2.05) is 91.0 Å². The number of carbonyl (C=O) groups is 1. The number of alkyl halides is 3. The zero-order valence-corrected chi connectivity index (χ0v) is 21.9. The van der Waals surface area contributed by atoms with Crippen LogP contribution in [0.4, 0.5) is 36.4 Å². The number of nitrogens with one attached hydrogen (secondary N) is 2. The summed E-state index contributed by atoms with van der Waals surface area (Å²) in [7, 11) is 0. The minimum atomic E-state index is -5.08. The van der Waals surface area contributed by atoms with Gasteiger partial charge in [0.2, 0.25) is 5.95 Å². The Balaban J connectivity index is 0.000000517. The highest BCUT2D eigenvalue weighted by atomic mass is 19.4. The zero-order valence-electron chi connectivity index (χ0n) is 21.9. The van der Waals surface area contributed by atoms with Gasteiger partial charge in [-0.25, -0.2) is 14.8 Å². The molecule has 0 radical (unpaired) electrons. The van der Waals surface area contributed by atoms with Crippen molar-refractivity contribution in [3.63, 3.8) is 0 Å². The minimum Gasteiger partial charge on any atom is -0.475 e. The smallest absolute Gasteiger partial charge is 0.475 e. The molecule has 5 aromatic rings. The summed E-state index contributed by atoms with van der Waals surface area (Å²) in [6, 6.07) is 33.2. The molecule has 2 heterocycles. The van der Waals surface area contributed by atoms with Gasteiger partial charge in [-0.05, 0) is 35.9 Å². The summed E-state index contributed by atoms with van der Waals surface area (Å²) < 4.78 is 37.8. The van der Waals surface area contributed by atoms with Crippen LogP contribution < -0.4 is 21.1 Å². The number of ether oxygens (including phenoxy) is 1. The molecule has 0 saturated carbocycles. The molecule has 12 heteroatoms. The number of aliphatic carboxylic acids is 1. The molecule has 0 fully saturated rings. The number of rotatable bonds is 8. The van der Waals surface area contributed by atoms with Gasteiger partial charge in [0.1, 0.15) is 23.1 Å². The van der Waals surface area contributed by atoms with E-state index in [1.54, 1.807) is 6.20 Å². The van der Waals surface area contributed by atoms with Gasteiger partial charge in [-0.2, -0.15) is 18.2 Å². The molecule has 0 spiro atoms. The van der Waals surface area contributed by atoms with Gasteiger partial charge in [-0.15, -0.1) is 0 Å². The van der Waals surface area contributed by atoms with Gasteiger partial charge < -0.3 is 26.2 Å². The Morgan fingerprint density at radius 3 is 2.12 bits per heavy atom. The number of halogens is 3. The fourth-order valence-corrected chi connectivity index (χ4v) is 3.54. The van der Waals surface area contributed by atoms with Gasteiger partial charge in [-0.1, -0.05) is 60.7 Å². The number of nitrogens with two attached hydrogens (primary N) is 1. The van der Waals surface area contributed by atoms with Crippen molar-refractivity contribution in [1.82, 2.24) is 15.0 Å². The maximum Gasteiger partial charge on any atom is 0.490 e. The van der Waals surface area contributed by atoms with E-state index in [4.69, 9.17) is 20.4 Å². The molecule has 2 aromatic heterocycles. The Bertz CT molecular complexity index is 1600. The fraction of sp³-hybridized carbons (Fsp3) is 0.0667. The second-order valence-electron chi connectivity index (χ2n) is 8.63. The van der Waals surface area contributed by atoms with Crippen LogP contribution in [0.1, 0.15) is 5.56 Å². The summed E-state index contributed by atoms with van der Waals surface area (Å²) in [5.41, 5.74) is 9.71. The van der Waals surface area contributed by atoms with Gasteiger partial charge in [0.05, 0.1) is 5.69 Å². The molecule has 0 aliphatic carbocycles. The average molecular weight is 575 g/mol. The number of benzene rings is 3. The molecule has 0 aliphatic heterocycles. The summed E-state index contributed by atoms with van der Waals surface area (Å²) in [6.45, 7) is 0.692. The van der Waals surface area contributed by atoms with Gasteiger partial charge in [0, 0.05) is 36.1 Å². The third kappa shape index (κ3) is 8.95. The second-order valence-corrected chi connectivity index (χ2v) is 8.63. The molecule has 0 amide bonds. The molecule has 3 aromatic carbocycles. The third-order valence-corrected chi connectivity index (χ3v) is 5.47. The number of carboxylic acid groups (broad SMARTS) is 1. The molecule has 5 rings (SSSR count). The highest BCUT2D eigenvalue weighted by molar-refractivity contribution is 5.73. The molecule has 0 bridgehead atoms. The van der Waals surface area contributed by atoms with Crippen molar-refractivity contribution in [3.8, 4) is 22.8 Å². The molecule has 0 aliphatic rings. The number of nitrogens with zero attached hydrogens (tertiary/aromatic N) is 3. The van der Waals surface area contributed by atoms with Crippen molar-refractivity contribution in [2.75, 3.05) is 16.4 Å². The number of nitrogen functional groups attached to an aromatic ring is 1. The zero-order chi connectivity index (χ0) is 30.0. The van der Waals surface area contributed by atoms with Crippen molar-refractivity contribution in [2.24, 2.45) is 0 Å². The first-order valence-corrected chi connectivity index (χ1v) is 12.4. The molecule has 0 atom stereocenters. The highest BCUT2D eigenvalue weighted by Gasteiger charge is 2.38. The number of hydrogen-bond acceptors (Lipinski definition) is 8. The third-order valence-electron chi connectivity index (χ3n) is 5.47. The lowest BCUT2D eigenvalue weighted by Crippen LogP contribution is -2.21. The number of aromatic nitrogens is 3. The second kappa shape index (κ2) is 13.6. The van der Waals surface area contributed by atoms with Crippen LogP contribution in [0.3, 0.4) is 0 Å². The van der Waals surface area contributed by atoms with E-state index in [2.05, 4.69) is 37.7 Å². The Labute approximate surface area is 238 Å². The van der Waals surface area contributed by atoms with E-state index >= 15 is 0 Å². The maximum absolute atomic E-state index is 10.6. The topological polar surface area (TPSA) is 135 Å². The van der Waals surface area contributed by atoms with Gasteiger partial charge in [0.15, 0.2) is 0 Å². The molecule has 9 nitrogen and oxygen atoms in total. The Kier molecular flexibility index (Phi) is 9.51. The van der Waals surface area contributed by atoms with Crippen molar-refractivity contribution >= 4 is 29.2 Å². The number of pyridine rings is 1. The summed E-state index contributed by atoms with van der Waals surface area (Å²) in [4.78, 5) is 21.9. The van der Waals surface area contributed by atoms with Crippen LogP contribution in [-0.4, -0.2) is 32.2 Å². The Morgan fingerprint density at radius 2 is 1.48 bits per heavy atom. The number of hydrogen-bond donors (Lipinski definition) is 4. The van der Waals surface area contributed by atoms with Crippen LogP contribution in [0, 0.1) is 0 Å². The van der Waals surface area contributed by atoms with E-state index in [-0.39, 0.29) is 5.95 Å². The SMILES string of the molecule is Nc1nc(Nc2ccc(Oc3ccnc(NCc4ccccc4)c3)cc2)cc(-c2ccccc2)n1.O=C(O)C(F)(F)F. The lowest BCUT2D eigenvalue weighted by atomic mass is 10.1. The lowest BCUT2D eigenvalue weighted by molar-refractivity contribution is -0.192. The van der Waals surface area contributed by atoms with Crippen LogP contribution in [0.5, 0.6) is 11.5 Å². The maximum atomic E-state index is 10.6. The molecule has 5 N–H and O–H groups in total. The fourth-order valence-electron chi connectivity index (χ4n) is 3.54. The average Bonchev–Trinajstić information content (AvgIpc) is 2.98. The van der Waals surface area contributed by atoms with E-state index in [0.717, 1.165) is 22.8 Å². The molecule has 0 saturated heterocycles. The lowest BCUT2D eigenvalue weighted by Gasteiger charge is -2.11. The van der Waals surface area contributed by atoms with Gasteiger partial charge >= 0.3 is 12.1 Å².